The van der Waals surface area contributed by atoms with Crippen molar-refractivity contribution < 1.29 is 8.42 Å². The molecule has 106 valence electrons. The quantitative estimate of drug-likeness (QED) is 0.771. The van der Waals surface area contributed by atoms with Gasteiger partial charge in [0, 0.05) is 6.26 Å². The van der Waals surface area contributed by atoms with Crippen molar-refractivity contribution in [2.45, 2.75) is 17.0 Å². The van der Waals surface area contributed by atoms with E-state index in [4.69, 9.17) is 0 Å². The maximum Gasteiger partial charge on any atom is 0.151 e. The molecule has 2 aromatic carbocycles. The van der Waals surface area contributed by atoms with E-state index in [1.807, 2.05) is 42.5 Å². The molecule has 0 saturated heterocycles. The highest BCUT2D eigenvalue weighted by molar-refractivity contribution is 9.09. The lowest BCUT2D eigenvalue weighted by Crippen LogP contribution is -2.20. The number of hydrogen-bond donors (Lipinski definition) is 0. The van der Waals surface area contributed by atoms with Crippen LogP contribution in [-0.2, 0) is 9.84 Å². The molecule has 2 rings (SSSR count). The van der Waals surface area contributed by atoms with Crippen molar-refractivity contribution >= 4 is 25.8 Å². The van der Waals surface area contributed by atoms with Gasteiger partial charge in [0.15, 0.2) is 9.84 Å². The van der Waals surface area contributed by atoms with Crippen LogP contribution in [0.4, 0.5) is 0 Å². The summed E-state index contributed by atoms with van der Waals surface area (Å²) in [5, 5.41) is -0.454. The molecule has 0 aliphatic rings. The van der Waals surface area contributed by atoms with Crippen molar-refractivity contribution in [3.63, 3.8) is 0 Å². The minimum atomic E-state index is -3.06. The lowest BCUT2D eigenvalue weighted by atomic mass is 10.0. The molecule has 0 heterocycles. The zero-order chi connectivity index (χ0) is 14.8. The first-order valence-corrected chi connectivity index (χ1v) is 9.25. The molecule has 0 aliphatic heterocycles. The Hall–Kier alpha value is -1.13. The van der Waals surface area contributed by atoms with E-state index in [9.17, 15) is 8.42 Å². The van der Waals surface area contributed by atoms with E-state index in [-0.39, 0.29) is 4.83 Å². The smallest absolute Gasteiger partial charge is 0.151 e. The number of sulfone groups is 1. The Morgan fingerprint density at radius 3 is 1.90 bits per heavy atom. The number of benzene rings is 2. The summed E-state index contributed by atoms with van der Waals surface area (Å²) in [6.07, 6.45) is 1.27. The second-order valence-electron chi connectivity index (χ2n) is 4.92. The molecule has 0 aromatic heterocycles. The van der Waals surface area contributed by atoms with Gasteiger partial charge in [0.2, 0.25) is 0 Å². The molecule has 20 heavy (non-hydrogen) atoms. The highest BCUT2D eigenvalue weighted by atomic mass is 79.9. The predicted molar refractivity (Wildman–Crippen MR) is 87.9 cm³/mol. The van der Waals surface area contributed by atoms with Gasteiger partial charge in [-0.2, -0.15) is 0 Å². The van der Waals surface area contributed by atoms with Gasteiger partial charge >= 0.3 is 0 Å². The highest BCUT2D eigenvalue weighted by Gasteiger charge is 2.24. The summed E-state index contributed by atoms with van der Waals surface area (Å²) in [6, 6.07) is 18.1. The third-order valence-electron chi connectivity index (χ3n) is 3.42. The zero-order valence-electron chi connectivity index (χ0n) is 11.5. The molecule has 0 amide bonds. The molecular formula is C16H17BrO2S. The van der Waals surface area contributed by atoms with Crippen LogP contribution in [0.15, 0.2) is 54.6 Å². The Morgan fingerprint density at radius 2 is 1.40 bits per heavy atom. The van der Waals surface area contributed by atoms with E-state index in [0.29, 0.717) is 0 Å². The molecule has 0 N–H and O–H groups in total. The minimum Gasteiger partial charge on any atom is -0.229 e. The van der Waals surface area contributed by atoms with Gasteiger partial charge in [-0.25, -0.2) is 8.42 Å². The monoisotopic (exact) mass is 352 g/mol. The zero-order valence-corrected chi connectivity index (χ0v) is 13.9. The molecule has 0 fully saturated rings. The lowest BCUT2D eigenvalue weighted by Gasteiger charge is -2.17. The third-order valence-corrected chi connectivity index (χ3v) is 6.72. The molecule has 0 saturated carbocycles. The van der Waals surface area contributed by atoms with Crippen LogP contribution in [0.3, 0.4) is 0 Å². The van der Waals surface area contributed by atoms with Crippen molar-refractivity contribution in [3.8, 4) is 11.1 Å². The van der Waals surface area contributed by atoms with Crippen LogP contribution in [0.5, 0.6) is 0 Å². The van der Waals surface area contributed by atoms with E-state index in [1.165, 1.54) is 6.26 Å². The number of halogens is 1. The van der Waals surface area contributed by atoms with Crippen LogP contribution in [0, 0.1) is 0 Å². The van der Waals surface area contributed by atoms with Crippen molar-refractivity contribution in [1.82, 2.24) is 0 Å². The molecule has 0 radical (unpaired) electrons. The van der Waals surface area contributed by atoms with Crippen LogP contribution >= 0.6 is 15.9 Å². The largest absolute Gasteiger partial charge is 0.229 e. The number of alkyl halides is 1. The van der Waals surface area contributed by atoms with Gasteiger partial charge in [-0.3, -0.25) is 0 Å². The van der Waals surface area contributed by atoms with E-state index in [2.05, 4.69) is 28.1 Å². The van der Waals surface area contributed by atoms with Gasteiger partial charge < -0.3 is 0 Å². The Morgan fingerprint density at radius 1 is 0.900 bits per heavy atom. The average Bonchev–Trinajstić information content (AvgIpc) is 2.46. The second kappa shape index (κ2) is 6.10. The standard InChI is InChI=1S/C16H17BrO2S/c1-12(20(2,18)19)16(17)15-10-8-14(9-11-15)13-6-4-3-5-7-13/h3-12,16H,1-2H3. The van der Waals surface area contributed by atoms with E-state index in [1.54, 1.807) is 6.92 Å². The first-order valence-electron chi connectivity index (χ1n) is 6.38. The van der Waals surface area contributed by atoms with Gasteiger partial charge in [-0.05, 0) is 23.6 Å². The van der Waals surface area contributed by atoms with Crippen molar-refractivity contribution in [3.05, 3.63) is 60.2 Å². The normalized spacial score (nSPS) is 14.8. The Bertz CT molecular complexity index is 663. The molecule has 2 unspecified atom stereocenters. The summed E-state index contributed by atoms with van der Waals surface area (Å²) in [5.41, 5.74) is 3.25. The summed E-state index contributed by atoms with van der Waals surface area (Å²) in [4.78, 5) is -0.192. The van der Waals surface area contributed by atoms with Crippen LogP contribution in [0.25, 0.3) is 11.1 Å². The first-order chi connectivity index (χ1) is 9.39. The van der Waals surface area contributed by atoms with Crippen molar-refractivity contribution in [2.24, 2.45) is 0 Å². The van der Waals surface area contributed by atoms with E-state index in [0.717, 1.165) is 16.7 Å². The molecule has 2 aromatic rings. The van der Waals surface area contributed by atoms with Gasteiger partial charge in [0.1, 0.15) is 0 Å². The summed E-state index contributed by atoms with van der Waals surface area (Å²) < 4.78 is 23.2. The molecule has 2 atom stereocenters. The van der Waals surface area contributed by atoms with Crippen molar-refractivity contribution in [2.75, 3.05) is 6.26 Å². The van der Waals surface area contributed by atoms with E-state index < -0.39 is 15.1 Å². The Kier molecular flexibility index (Phi) is 4.66. The Labute approximate surface area is 128 Å². The van der Waals surface area contributed by atoms with Crippen LogP contribution in [0.2, 0.25) is 0 Å². The summed E-state index contributed by atoms with van der Waals surface area (Å²) in [5.74, 6) is 0. The molecule has 0 aliphatic carbocycles. The molecule has 0 bridgehead atoms. The maximum absolute atomic E-state index is 11.6. The summed E-state index contributed by atoms with van der Waals surface area (Å²) in [6.45, 7) is 1.72. The minimum absolute atomic E-state index is 0.192. The summed E-state index contributed by atoms with van der Waals surface area (Å²) in [7, 11) is -3.06. The molecular weight excluding hydrogens is 336 g/mol. The van der Waals surface area contributed by atoms with Crippen LogP contribution in [0.1, 0.15) is 17.3 Å². The van der Waals surface area contributed by atoms with Crippen LogP contribution in [-0.4, -0.2) is 19.9 Å². The number of rotatable bonds is 4. The van der Waals surface area contributed by atoms with E-state index >= 15 is 0 Å². The SMILES string of the molecule is CC(C(Br)c1ccc(-c2ccccc2)cc1)S(C)(=O)=O. The van der Waals surface area contributed by atoms with Gasteiger partial charge in [0.05, 0.1) is 10.1 Å². The fourth-order valence-corrected chi connectivity index (χ4v) is 4.05. The maximum atomic E-state index is 11.6. The first kappa shape index (κ1) is 15.3. The fourth-order valence-electron chi connectivity index (χ4n) is 1.98. The van der Waals surface area contributed by atoms with Gasteiger partial charge in [-0.15, -0.1) is 0 Å². The van der Waals surface area contributed by atoms with Gasteiger partial charge in [0.25, 0.3) is 0 Å². The highest BCUT2D eigenvalue weighted by Crippen LogP contribution is 2.31. The molecule has 4 heteroatoms. The third kappa shape index (κ3) is 3.49. The summed E-state index contributed by atoms with van der Waals surface area (Å²) >= 11 is 3.49. The average molecular weight is 353 g/mol. The second-order valence-corrected chi connectivity index (χ2v) is 8.31. The van der Waals surface area contributed by atoms with Crippen molar-refractivity contribution in [1.29, 1.82) is 0 Å². The molecule has 2 nitrogen and oxygen atoms in total. The van der Waals surface area contributed by atoms with Gasteiger partial charge in [-0.1, -0.05) is 70.5 Å². The Balaban J connectivity index is 2.25. The number of hydrogen-bond acceptors (Lipinski definition) is 2. The lowest BCUT2D eigenvalue weighted by molar-refractivity contribution is 0.588. The molecule has 0 spiro atoms. The topological polar surface area (TPSA) is 34.1 Å². The predicted octanol–water partition coefficient (Wildman–Crippen LogP) is 4.22. The fraction of sp³-hybridized carbons (Fsp3) is 0.250. The van der Waals surface area contributed by atoms with Crippen LogP contribution < -0.4 is 0 Å².